The minimum absolute atomic E-state index is 0.112. The molecule has 192 valence electrons. The summed E-state index contributed by atoms with van der Waals surface area (Å²) in [4.78, 5) is 30.1. The lowest BCUT2D eigenvalue weighted by atomic mass is 9.84. The summed E-state index contributed by atoms with van der Waals surface area (Å²) in [7, 11) is 1.60. The Kier molecular flexibility index (Phi) is 7.01. The van der Waals surface area contributed by atoms with Crippen molar-refractivity contribution in [1.29, 1.82) is 0 Å². The highest BCUT2D eigenvalue weighted by Gasteiger charge is 2.32. The Bertz CT molecular complexity index is 1170. The Morgan fingerprint density at radius 2 is 2.03 bits per heavy atom. The van der Waals surface area contributed by atoms with Crippen LogP contribution in [0.15, 0.2) is 33.9 Å². The fourth-order valence-electron chi connectivity index (χ4n) is 5.17. The van der Waals surface area contributed by atoms with Crippen molar-refractivity contribution >= 4 is 28.9 Å². The molecule has 1 aromatic carbocycles. The quantitative estimate of drug-likeness (QED) is 0.485. The average molecular weight is 511 g/mol. The van der Waals surface area contributed by atoms with E-state index < -0.39 is 5.60 Å². The van der Waals surface area contributed by atoms with Gasteiger partial charge in [0.1, 0.15) is 18.4 Å². The number of oxime groups is 2. The van der Waals surface area contributed by atoms with Crippen LogP contribution in [0.4, 0.5) is 4.79 Å². The van der Waals surface area contributed by atoms with E-state index in [1.165, 1.54) is 11.1 Å². The summed E-state index contributed by atoms with van der Waals surface area (Å²) < 4.78 is 5.52. The number of likely N-dealkylation sites (tertiary alicyclic amines) is 1. The van der Waals surface area contributed by atoms with Crippen LogP contribution in [0.3, 0.4) is 0 Å². The van der Waals surface area contributed by atoms with Gasteiger partial charge in [-0.2, -0.15) is 0 Å². The average Bonchev–Trinajstić information content (AvgIpc) is 3.53. The Balaban J connectivity index is 1.22. The lowest BCUT2D eigenvalue weighted by molar-refractivity contribution is 0.0205. The molecule has 3 aliphatic rings. The van der Waals surface area contributed by atoms with Gasteiger partial charge in [0.05, 0.1) is 16.4 Å². The van der Waals surface area contributed by atoms with Gasteiger partial charge >= 0.3 is 6.09 Å². The maximum absolute atomic E-state index is 12.4. The summed E-state index contributed by atoms with van der Waals surface area (Å²) in [5.41, 5.74) is 5.95. The van der Waals surface area contributed by atoms with Gasteiger partial charge in [0, 0.05) is 36.4 Å². The summed E-state index contributed by atoms with van der Waals surface area (Å²) in [6, 6.07) is 6.33. The van der Waals surface area contributed by atoms with E-state index >= 15 is 0 Å². The highest BCUT2D eigenvalue weighted by molar-refractivity contribution is 7.10. The smallest absolute Gasteiger partial charge is 0.410 e. The van der Waals surface area contributed by atoms with Gasteiger partial charge in [-0.3, -0.25) is 0 Å². The number of carbonyl (C=O) groups excluding carboxylic acids is 1. The zero-order valence-corrected chi connectivity index (χ0v) is 22.3. The first kappa shape index (κ1) is 24.7. The number of hydrogen-bond acceptors (Lipinski definition) is 8. The molecule has 1 fully saturated rings. The number of piperidine rings is 1. The molecule has 2 aliphatic heterocycles. The van der Waals surface area contributed by atoms with Crippen LogP contribution in [-0.2, 0) is 20.8 Å². The van der Waals surface area contributed by atoms with Gasteiger partial charge in [-0.05, 0) is 64.0 Å². The van der Waals surface area contributed by atoms with Gasteiger partial charge in [-0.15, -0.1) is 11.3 Å². The molecule has 0 bridgehead atoms. The maximum atomic E-state index is 12.4. The van der Waals surface area contributed by atoms with Gasteiger partial charge in [-0.1, -0.05) is 28.5 Å². The van der Waals surface area contributed by atoms with Crippen LogP contribution in [0.1, 0.15) is 92.3 Å². The van der Waals surface area contributed by atoms with E-state index in [1.807, 2.05) is 20.8 Å². The Labute approximate surface area is 216 Å². The van der Waals surface area contributed by atoms with Crippen molar-refractivity contribution in [3.05, 3.63) is 51.0 Å². The van der Waals surface area contributed by atoms with Gasteiger partial charge in [-0.25, -0.2) is 9.78 Å². The first-order valence-corrected chi connectivity index (χ1v) is 13.6. The minimum atomic E-state index is -0.473. The van der Waals surface area contributed by atoms with Gasteiger partial charge < -0.3 is 19.3 Å². The van der Waals surface area contributed by atoms with E-state index in [-0.39, 0.29) is 12.2 Å². The number of rotatable bonds is 4. The van der Waals surface area contributed by atoms with Gasteiger partial charge in [0.2, 0.25) is 0 Å². The number of benzene rings is 1. The molecule has 2 aromatic rings. The van der Waals surface area contributed by atoms with Crippen LogP contribution in [0.5, 0.6) is 0 Å². The van der Waals surface area contributed by atoms with Crippen LogP contribution < -0.4 is 0 Å². The third kappa shape index (κ3) is 5.26. The molecule has 0 saturated carbocycles. The van der Waals surface area contributed by atoms with E-state index in [1.54, 1.807) is 23.3 Å². The molecule has 1 amide bonds. The molecule has 1 aliphatic carbocycles. The van der Waals surface area contributed by atoms with Crippen LogP contribution in [0, 0.1) is 0 Å². The van der Waals surface area contributed by atoms with Crippen LogP contribution in [-0.4, -0.2) is 53.2 Å². The molecule has 3 heterocycles. The molecule has 1 saturated heterocycles. The predicted molar refractivity (Wildman–Crippen MR) is 140 cm³/mol. The molecular formula is C27H34N4O4S. The first-order chi connectivity index (χ1) is 17.3. The number of nitrogens with zero attached hydrogens (tertiary/aromatic N) is 4. The Morgan fingerprint density at radius 1 is 1.22 bits per heavy atom. The summed E-state index contributed by atoms with van der Waals surface area (Å²) >= 11 is 1.68. The largest absolute Gasteiger partial charge is 0.444 e. The number of fused-ring (bicyclic) bond motifs is 1. The van der Waals surface area contributed by atoms with Crippen molar-refractivity contribution in [1.82, 2.24) is 9.88 Å². The second-order valence-electron chi connectivity index (χ2n) is 10.6. The van der Waals surface area contributed by atoms with Gasteiger partial charge in [0.15, 0.2) is 6.10 Å². The molecule has 0 radical (unpaired) electrons. The number of amides is 1. The standard InChI is InChI=1S/C27H34N4O4S/c1-27(2,3)34-26(32)31-13-11-17(12-14-31)25-28-23(16-36-25)22-15-24(35-30-22)20-9-5-8-19-18(20)7-6-10-21(19)29-33-4/h5,8-9,16-17,24H,6-7,10-15H2,1-4H3/b29-21+. The fraction of sp³-hybridized carbons (Fsp3) is 0.556. The monoisotopic (exact) mass is 510 g/mol. The van der Waals surface area contributed by atoms with Crippen molar-refractivity contribution in [3.8, 4) is 0 Å². The van der Waals surface area contributed by atoms with E-state index in [0.29, 0.717) is 25.4 Å². The fourth-order valence-corrected chi connectivity index (χ4v) is 6.17. The second kappa shape index (κ2) is 10.2. The number of carbonyl (C=O) groups is 1. The second-order valence-corrected chi connectivity index (χ2v) is 11.5. The van der Waals surface area contributed by atoms with Crippen molar-refractivity contribution in [2.24, 2.45) is 10.3 Å². The summed E-state index contributed by atoms with van der Waals surface area (Å²) in [6.07, 6.45) is 5.12. The molecule has 1 atom stereocenters. The van der Waals surface area contributed by atoms with Crippen LogP contribution in [0.2, 0.25) is 0 Å². The highest BCUT2D eigenvalue weighted by atomic mass is 32.1. The molecule has 1 aromatic heterocycles. The molecule has 8 nitrogen and oxygen atoms in total. The molecule has 5 rings (SSSR count). The van der Waals surface area contributed by atoms with E-state index in [4.69, 9.17) is 19.4 Å². The number of hydrogen-bond donors (Lipinski definition) is 0. The summed E-state index contributed by atoms with van der Waals surface area (Å²) in [5, 5.41) is 11.9. The Hall–Kier alpha value is -2.94. The van der Waals surface area contributed by atoms with Crippen molar-refractivity contribution in [2.45, 2.75) is 76.9 Å². The van der Waals surface area contributed by atoms with Crippen LogP contribution >= 0.6 is 11.3 Å². The SMILES string of the molecule is CO/N=C1\CCCc2c1cccc2C1CC(c2csc(C3CCN(C(=O)OC(C)(C)C)CC3)n2)=NO1. The molecule has 1 unspecified atom stereocenters. The summed E-state index contributed by atoms with van der Waals surface area (Å²) in [5.74, 6) is 0.348. The third-order valence-electron chi connectivity index (χ3n) is 6.89. The third-order valence-corrected chi connectivity index (χ3v) is 7.90. The number of aromatic nitrogens is 1. The molecule has 0 spiro atoms. The summed E-state index contributed by atoms with van der Waals surface area (Å²) in [6.45, 7) is 7.07. The molecule has 0 N–H and O–H groups in total. The van der Waals surface area contributed by atoms with E-state index in [2.05, 4.69) is 33.9 Å². The van der Waals surface area contributed by atoms with Crippen LogP contribution in [0.25, 0.3) is 0 Å². The Morgan fingerprint density at radius 3 is 2.78 bits per heavy atom. The zero-order chi connectivity index (χ0) is 25.3. The molecular weight excluding hydrogens is 476 g/mol. The first-order valence-electron chi connectivity index (χ1n) is 12.7. The highest BCUT2D eigenvalue weighted by Crippen LogP contribution is 2.37. The lowest BCUT2D eigenvalue weighted by Crippen LogP contribution is -2.41. The van der Waals surface area contributed by atoms with Gasteiger partial charge in [0.25, 0.3) is 0 Å². The van der Waals surface area contributed by atoms with Crippen molar-refractivity contribution in [2.75, 3.05) is 20.2 Å². The van der Waals surface area contributed by atoms with E-state index in [9.17, 15) is 4.79 Å². The molecule has 9 heteroatoms. The number of ether oxygens (including phenoxy) is 1. The normalized spacial score (nSPS) is 21.7. The van der Waals surface area contributed by atoms with Crippen molar-refractivity contribution in [3.63, 3.8) is 0 Å². The maximum Gasteiger partial charge on any atom is 0.410 e. The van der Waals surface area contributed by atoms with Crippen molar-refractivity contribution < 1.29 is 19.2 Å². The minimum Gasteiger partial charge on any atom is -0.444 e. The zero-order valence-electron chi connectivity index (χ0n) is 21.5. The number of thiazole rings is 1. The predicted octanol–water partition coefficient (Wildman–Crippen LogP) is 5.81. The molecule has 36 heavy (non-hydrogen) atoms. The van der Waals surface area contributed by atoms with E-state index in [0.717, 1.165) is 59.8 Å². The topological polar surface area (TPSA) is 85.6 Å². The lowest BCUT2D eigenvalue weighted by Gasteiger charge is -2.32.